The Labute approximate surface area is 586 Å². The van der Waals surface area contributed by atoms with Gasteiger partial charge in [0.05, 0.1) is 29.1 Å². The van der Waals surface area contributed by atoms with Crippen LogP contribution < -0.4 is 14.2 Å². The van der Waals surface area contributed by atoms with Gasteiger partial charge in [0.25, 0.3) is 0 Å². The maximum atomic E-state index is 13.0. The van der Waals surface area contributed by atoms with Crippen LogP contribution in [0.5, 0.6) is 23.0 Å². The molecule has 0 spiro atoms. The Morgan fingerprint density at radius 3 is 1.01 bits per heavy atom. The topological polar surface area (TPSA) is 165 Å². The molecule has 0 bridgehead atoms. The highest BCUT2D eigenvalue weighted by molar-refractivity contribution is 5.85. The minimum Gasteiger partial charge on any atom is -0.508 e. The number of phenols is 1. The van der Waals surface area contributed by atoms with E-state index in [2.05, 4.69) is 83.6 Å². The van der Waals surface area contributed by atoms with E-state index in [1.807, 2.05) is 166 Å². The zero-order chi connectivity index (χ0) is 70.7. The van der Waals surface area contributed by atoms with Crippen LogP contribution in [-0.4, -0.2) is 212 Å². The number of hydrogen-bond acceptors (Lipinski definition) is 14. The molecule has 16 nitrogen and oxygen atoms in total. The summed E-state index contributed by atoms with van der Waals surface area (Å²) in [6, 6.07) is 61.1. The normalized spacial score (nSPS) is 16.9. The lowest BCUT2D eigenvalue weighted by Crippen LogP contribution is -2.51. The monoisotopic (exact) mass is 1340 g/mol. The number of hydrogen-bond donors (Lipinski definition) is 4. The summed E-state index contributed by atoms with van der Waals surface area (Å²) in [5.74, 6) is 2.35. The van der Waals surface area contributed by atoms with Crippen LogP contribution in [0.25, 0.3) is 0 Å². The molecule has 2 amide bonds. The molecule has 98 heavy (non-hydrogen) atoms. The number of amides is 2. The first-order valence-electron chi connectivity index (χ1n) is 35.1. The molecular weight excluding hydrogens is 1230 g/mol. The largest absolute Gasteiger partial charge is 0.508 e. The van der Waals surface area contributed by atoms with Gasteiger partial charge in [-0.2, -0.15) is 0 Å². The highest BCUT2D eigenvalue weighted by atomic mass is 16.5. The van der Waals surface area contributed by atoms with Gasteiger partial charge < -0.3 is 68.9 Å². The molecule has 3 heterocycles. The first-order chi connectivity index (χ1) is 47.0. The molecule has 0 saturated carbocycles. The molecule has 0 radical (unpaired) electrons. The number of likely N-dealkylation sites (N-methyl/N-ethyl adjacent to an activating group) is 4. The molecule has 3 aliphatic rings. The number of aromatic hydroxyl groups is 1. The maximum Gasteiger partial charge on any atom is 0.232 e. The predicted molar refractivity (Wildman–Crippen MR) is 395 cm³/mol. The van der Waals surface area contributed by atoms with Crippen LogP contribution in [0.3, 0.4) is 0 Å². The summed E-state index contributed by atoms with van der Waals surface area (Å²) in [5.41, 5.74) is 5.19. The van der Waals surface area contributed by atoms with Crippen molar-refractivity contribution < 1.29 is 44.2 Å². The number of rotatable bonds is 25. The van der Waals surface area contributed by atoms with Crippen molar-refractivity contribution in [2.24, 2.45) is 0 Å². The van der Waals surface area contributed by atoms with Crippen molar-refractivity contribution in [1.82, 2.24) is 34.3 Å². The number of carbonyl (C=O) groups excluding carboxylic acids is 2. The zero-order valence-corrected chi connectivity index (χ0v) is 60.4. The second-order valence-electron chi connectivity index (χ2n) is 27.6. The van der Waals surface area contributed by atoms with Crippen molar-refractivity contribution >= 4 is 11.8 Å². The Bertz CT molecular complexity index is 3370. The quantitative estimate of drug-likeness (QED) is 0.0427. The highest BCUT2D eigenvalue weighted by Gasteiger charge is 2.46. The SMILES string of the molecule is CCN1CCC(O)(C(C(=O)N(C)C)c2ccc(OCc3ccccc3)cc2)CC1.CCN1CCC(O)(C(CN(C)C)c2ccc(O)cc2)CC1.CCN1CCC(O)(C(CN(C)C)c2ccc(OCc3ccccc3)cc2)CC1.CN(C)C(=O)Cc1ccc(OCc2ccccc2)cc1. The van der Waals surface area contributed by atoms with Gasteiger partial charge in [0.15, 0.2) is 0 Å². The molecule has 10 rings (SSSR count). The minimum absolute atomic E-state index is 0.0598. The Balaban J connectivity index is 0.000000186. The molecule has 0 aromatic heterocycles. The van der Waals surface area contributed by atoms with Gasteiger partial charge in [-0.3, -0.25) is 9.59 Å². The van der Waals surface area contributed by atoms with Crippen LogP contribution in [0.1, 0.15) is 116 Å². The summed E-state index contributed by atoms with van der Waals surface area (Å²) in [6.45, 7) is 18.3. The Morgan fingerprint density at radius 1 is 0.398 bits per heavy atom. The second kappa shape index (κ2) is 38.6. The van der Waals surface area contributed by atoms with Crippen LogP contribution in [0.2, 0.25) is 0 Å². The highest BCUT2D eigenvalue weighted by Crippen LogP contribution is 2.41. The molecule has 7 aromatic carbocycles. The summed E-state index contributed by atoms with van der Waals surface area (Å²) in [5, 5.41) is 43.6. The summed E-state index contributed by atoms with van der Waals surface area (Å²) >= 11 is 0. The fourth-order valence-electron chi connectivity index (χ4n) is 13.1. The van der Waals surface area contributed by atoms with E-state index >= 15 is 0 Å². The molecule has 3 aliphatic heterocycles. The maximum absolute atomic E-state index is 13.0. The molecule has 3 saturated heterocycles. The van der Waals surface area contributed by atoms with E-state index in [0.29, 0.717) is 39.1 Å². The zero-order valence-electron chi connectivity index (χ0n) is 60.4. The Morgan fingerprint density at radius 2 is 0.704 bits per heavy atom. The molecule has 4 N–H and O–H groups in total. The first-order valence-corrected chi connectivity index (χ1v) is 35.1. The van der Waals surface area contributed by atoms with E-state index in [9.17, 15) is 30.0 Å². The van der Waals surface area contributed by atoms with Crippen LogP contribution in [-0.2, 0) is 35.8 Å². The number of benzene rings is 7. The lowest BCUT2D eigenvalue weighted by Gasteiger charge is -2.44. The van der Waals surface area contributed by atoms with E-state index in [4.69, 9.17) is 14.2 Å². The van der Waals surface area contributed by atoms with Gasteiger partial charge in [-0.1, -0.05) is 160 Å². The molecule has 16 heteroatoms. The third kappa shape index (κ3) is 24.1. The first kappa shape index (κ1) is 77.7. The summed E-state index contributed by atoms with van der Waals surface area (Å²) in [6.07, 6.45) is 4.87. The molecule has 0 aliphatic carbocycles. The number of aliphatic hydroxyl groups is 3. The average molecular weight is 1340 g/mol. The second-order valence-corrected chi connectivity index (χ2v) is 27.6. The van der Waals surface area contributed by atoms with Crippen LogP contribution >= 0.6 is 0 Å². The third-order valence-electron chi connectivity index (χ3n) is 19.4. The summed E-state index contributed by atoms with van der Waals surface area (Å²) in [7, 11) is 15.3. The minimum atomic E-state index is -1.03. The van der Waals surface area contributed by atoms with E-state index < -0.39 is 22.7 Å². The fourth-order valence-corrected chi connectivity index (χ4v) is 13.1. The number of likely N-dealkylation sites (tertiary alicyclic amines) is 3. The van der Waals surface area contributed by atoms with Crippen molar-refractivity contribution in [2.75, 3.05) is 128 Å². The summed E-state index contributed by atoms with van der Waals surface area (Å²) in [4.78, 5) is 39.2. The van der Waals surface area contributed by atoms with Crippen LogP contribution in [0.4, 0.5) is 0 Å². The van der Waals surface area contributed by atoms with Crippen LogP contribution in [0, 0.1) is 0 Å². The van der Waals surface area contributed by atoms with E-state index in [1.165, 1.54) is 5.56 Å². The molecule has 3 unspecified atom stereocenters. The number of ether oxygens (including phenoxy) is 3. The predicted octanol–water partition coefficient (Wildman–Crippen LogP) is 11.8. The van der Waals surface area contributed by atoms with Crippen molar-refractivity contribution in [1.29, 1.82) is 0 Å². The number of nitrogens with zero attached hydrogens (tertiary/aromatic N) is 7. The third-order valence-corrected chi connectivity index (χ3v) is 19.4. The number of carbonyl (C=O) groups is 2. The standard InChI is InChI=1S/C24H32N2O3.C24H34N2O2.C17H28N2O2.C17H19NO2/c1-4-26-16-14-24(28,15-17-26)22(23(27)25(2)3)20-10-12-21(13-11-20)29-18-19-8-6-5-7-9-19;1-4-26-16-14-24(27,15-17-26)23(18-25(2)3)21-10-12-22(13-11-21)28-19-20-8-6-5-7-9-20;1-4-19-11-9-17(21,10-12-19)16(13-18(2)3)14-5-7-15(20)8-6-14;1-18(2)17(19)12-14-8-10-16(11-9-14)20-13-15-6-4-3-5-7-15/h5-13,22,28H,4,14-18H2,1-3H3;5-13,23,27H,4,14-19H2,1-3H3;5-8,16,20-21H,4,9-13H2,1-3H3;3-11H,12-13H2,1-2H3. The molecule has 530 valence electrons. The van der Waals surface area contributed by atoms with Gasteiger partial charge in [0.2, 0.25) is 11.8 Å². The van der Waals surface area contributed by atoms with E-state index in [0.717, 1.165) is 148 Å². The molecular formula is C82H113N7O9. The average Bonchev–Trinajstić information content (AvgIpc) is 0.794. The molecule has 7 aromatic rings. The Hall–Kier alpha value is -7.64. The lowest BCUT2D eigenvalue weighted by molar-refractivity contribution is -0.140. The van der Waals surface area contributed by atoms with Gasteiger partial charge in [-0.15, -0.1) is 0 Å². The van der Waals surface area contributed by atoms with Gasteiger partial charge in [-0.25, -0.2) is 0 Å². The van der Waals surface area contributed by atoms with Gasteiger partial charge >= 0.3 is 0 Å². The summed E-state index contributed by atoms with van der Waals surface area (Å²) < 4.78 is 17.5. The van der Waals surface area contributed by atoms with E-state index in [-0.39, 0.29) is 29.4 Å². The molecule has 3 fully saturated rings. The number of phenolic OH excluding ortho intramolecular Hbond substituents is 1. The Kier molecular flexibility index (Phi) is 30.6. The van der Waals surface area contributed by atoms with E-state index in [1.54, 1.807) is 50.1 Å². The lowest BCUT2D eigenvalue weighted by atomic mass is 9.75. The molecule has 3 atom stereocenters. The number of piperidine rings is 3. The fraction of sp³-hybridized carbons (Fsp3) is 0.463. The van der Waals surface area contributed by atoms with Gasteiger partial charge in [0, 0.05) is 92.4 Å². The smallest absolute Gasteiger partial charge is 0.232 e. The van der Waals surface area contributed by atoms with Crippen molar-refractivity contribution in [3.8, 4) is 23.0 Å². The van der Waals surface area contributed by atoms with Gasteiger partial charge in [0.1, 0.15) is 42.8 Å². The van der Waals surface area contributed by atoms with Crippen molar-refractivity contribution in [3.05, 3.63) is 227 Å². The van der Waals surface area contributed by atoms with Gasteiger partial charge in [-0.05, 0) is 174 Å². The van der Waals surface area contributed by atoms with Crippen molar-refractivity contribution in [2.45, 2.75) is 120 Å². The van der Waals surface area contributed by atoms with Crippen molar-refractivity contribution in [3.63, 3.8) is 0 Å². The van der Waals surface area contributed by atoms with Crippen LogP contribution in [0.15, 0.2) is 188 Å².